The molecule has 7 nitrogen and oxygen atoms in total. The lowest BCUT2D eigenvalue weighted by atomic mass is 10.0. The van der Waals surface area contributed by atoms with Crippen LogP contribution in [0.4, 0.5) is 5.13 Å². The molecule has 1 aromatic carbocycles. The zero-order valence-electron chi connectivity index (χ0n) is 19.9. The van der Waals surface area contributed by atoms with Crippen molar-refractivity contribution in [2.24, 2.45) is 5.92 Å². The summed E-state index contributed by atoms with van der Waals surface area (Å²) < 4.78 is 6.50. The standard InChI is InChI=1S/C26H32N4O3S/c1-18(2)16-24(32)21-5-3-4-20(28-21)23(31)9-7-19-6-8-22-25(17-19)34-26(29-22)27-10-11-30-12-14-33-15-13-30/h3-6,8,17-18H,7,9-16H2,1-2H3,(H,27,29). The summed E-state index contributed by atoms with van der Waals surface area (Å²) in [4.78, 5) is 36.4. The van der Waals surface area contributed by atoms with Gasteiger partial charge in [0.1, 0.15) is 11.4 Å². The maximum absolute atomic E-state index is 12.7. The second-order valence-electron chi connectivity index (χ2n) is 9.05. The predicted molar refractivity (Wildman–Crippen MR) is 136 cm³/mol. The van der Waals surface area contributed by atoms with Crippen LogP contribution in [0.1, 0.15) is 53.2 Å². The van der Waals surface area contributed by atoms with Crippen LogP contribution < -0.4 is 5.32 Å². The number of thiazole rings is 1. The van der Waals surface area contributed by atoms with Gasteiger partial charge in [-0.1, -0.05) is 37.3 Å². The molecule has 3 aromatic rings. The Kier molecular flexibility index (Phi) is 8.37. The van der Waals surface area contributed by atoms with E-state index in [9.17, 15) is 9.59 Å². The van der Waals surface area contributed by atoms with Crippen molar-refractivity contribution in [1.29, 1.82) is 0 Å². The average Bonchev–Trinajstić information content (AvgIpc) is 3.25. The van der Waals surface area contributed by atoms with Crippen LogP contribution in [0.15, 0.2) is 36.4 Å². The third-order valence-corrected chi connectivity index (χ3v) is 6.79. The Morgan fingerprint density at radius 3 is 2.62 bits per heavy atom. The molecule has 1 aliphatic heterocycles. The highest BCUT2D eigenvalue weighted by atomic mass is 32.1. The van der Waals surface area contributed by atoms with Crippen LogP contribution in [0.25, 0.3) is 10.2 Å². The zero-order valence-corrected chi connectivity index (χ0v) is 20.7. The van der Waals surface area contributed by atoms with Gasteiger partial charge in [-0.3, -0.25) is 14.5 Å². The number of rotatable bonds is 11. The molecule has 0 unspecified atom stereocenters. The number of ketones is 2. The van der Waals surface area contributed by atoms with E-state index in [0.717, 1.165) is 60.3 Å². The van der Waals surface area contributed by atoms with Crippen LogP contribution >= 0.6 is 11.3 Å². The summed E-state index contributed by atoms with van der Waals surface area (Å²) in [5, 5.41) is 4.35. The molecule has 3 heterocycles. The molecule has 2 aromatic heterocycles. The third-order valence-electron chi connectivity index (χ3n) is 5.82. The first-order valence-electron chi connectivity index (χ1n) is 11.9. The van der Waals surface area contributed by atoms with E-state index in [1.54, 1.807) is 29.5 Å². The van der Waals surface area contributed by atoms with E-state index in [1.165, 1.54) is 0 Å². The second-order valence-corrected chi connectivity index (χ2v) is 10.1. The number of ether oxygens (including phenoxy) is 1. The molecule has 0 spiro atoms. The molecule has 1 aliphatic rings. The molecule has 0 radical (unpaired) electrons. The SMILES string of the molecule is CC(C)CC(=O)c1cccc(C(=O)CCc2ccc3nc(NCCN4CCOCC4)sc3c2)n1. The minimum Gasteiger partial charge on any atom is -0.379 e. The Morgan fingerprint density at radius 1 is 1.09 bits per heavy atom. The van der Waals surface area contributed by atoms with E-state index < -0.39 is 0 Å². The number of benzene rings is 1. The van der Waals surface area contributed by atoms with Gasteiger partial charge in [0.15, 0.2) is 16.7 Å². The monoisotopic (exact) mass is 480 g/mol. The fourth-order valence-electron chi connectivity index (χ4n) is 3.95. The number of pyridine rings is 1. The van der Waals surface area contributed by atoms with Gasteiger partial charge in [-0.15, -0.1) is 0 Å². The molecule has 0 aliphatic carbocycles. The number of hydrogen-bond donors (Lipinski definition) is 1. The van der Waals surface area contributed by atoms with Gasteiger partial charge in [-0.25, -0.2) is 9.97 Å². The maximum Gasteiger partial charge on any atom is 0.183 e. The molecular formula is C26H32N4O3S. The number of aryl methyl sites for hydroxylation is 1. The Morgan fingerprint density at radius 2 is 1.85 bits per heavy atom. The van der Waals surface area contributed by atoms with Gasteiger partial charge in [-0.2, -0.15) is 0 Å². The molecule has 0 saturated carbocycles. The van der Waals surface area contributed by atoms with Gasteiger partial charge in [0.25, 0.3) is 0 Å². The smallest absolute Gasteiger partial charge is 0.183 e. The summed E-state index contributed by atoms with van der Waals surface area (Å²) >= 11 is 1.64. The number of anilines is 1. The largest absolute Gasteiger partial charge is 0.379 e. The zero-order chi connectivity index (χ0) is 23.9. The normalized spacial score (nSPS) is 14.6. The van der Waals surface area contributed by atoms with E-state index in [4.69, 9.17) is 4.74 Å². The fraction of sp³-hybridized carbons (Fsp3) is 0.462. The number of Topliss-reactive ketones (excluding diaryl/α,β-unsaturated/α-hetero) is 2. The van der Waals surface area contributed by atoms with Crippen molar-refractivity contribution in [3.8, 4) is 0 Å². The second kappa shape index (κ2) is 11.6. The topological polar surface area (TPSA) is 84.4 Å². The number of nitrogens with zero attached hydrogens (tertiary/aromatic N) is 3. The van der Waals surface area contributed by atoms with Gasteiger partial charge >= 0.3 is 0 Å². The van der Waals surface area contributed by atoms with E-state index in [2.05, 4.69) is 26.3 Å². The van der Waals surface area contributed by atoms with Crippen LogP contribution in [0.5, 0.6) is 0 Å². The highest BCUT2D eigenvalue weighted by molar-refractivity contribution is 7.22. The number of hydrogen-bond acceptors (Lipinski definition) is 8. The number of carbonyl (C=O) groups excluding carboxylic acids is 2. The lowest BCUT2D eigenvalue weighted by Gasteiger charge is -2.26. The third kappa shape index (κ3) is 6.68. The molecule has 34 heavy (non-hydrogen) atoms. The van der Waals surface area contributed by atoms with Crippen LogP contribution in [0, 0.1) is 5.92 Å². The molecule has 8 heteroatoms. The fourth-order valence-corrected chi connectivity index (χ4v) is 4.91. The van der Waals surface area contributed by atoms with E-state index >= 15 is 0 Å². The minimum absolute atomic E-state index is 0.0188. The number of fused-ring (bicyclic) bond motifs is 1. The highest BCUT2D eigenvalue weighted by Gasteiger charge is 2.14. The number of aromatic nitrogens is 2. The molecule has 0 amide bonds. The molecule has 4 rings (SSSR count). The quantitative estimate of drug-likeness (QED) is 0.405. The van der Waals surface area contributed by atoms with E-state index in [-0.39, 0.29) is 17.5 Å². The first-order chi connectivity index (χ1) is 16.5. The first-order valence-corrected chi connectivity index (χ1v) is 12.8. The van der Waals surface area contributed by atoms with Crippen LogP contribution in [-0.2, 0) is 11.2 Å². The molecule has 1 N–H and O–H groups in total. The minimum atomic E-state index is -0.0472. The Balaban J connectivity index is 1.31. The van der Waals surface area contributed by atoms with E-state index in [0.29, 0.717) is 30.7 Å². The van der Waals surface area contributed by atoms with Gasteiger partial charge < -0.3 is 10.1 Å². The Bertz CT molecular complexity index is 1140. The molecule has 0 atom stereocenters. The van der Waals surface area contributed by atoms with Crippen molar-refractivity contribution in [3.63, 3.8) is 0 Å². The number of nitrogens with one attached hydrogen (secondary N) is 1. The lowest BCUT2D eigenvalue weighted by molar-refractivity contribution is 0.0398. The summed E-state index contributed by atoms with van der Waals surface area (Å²) in [6.07, 6.45) is 1.41. The highest BCUT2D eigenvalue weighted by Crippen LogP contribution is 2.27. The van der Waals surface area contributed by atoms with Crippen LogP contribution in [0.3, 0.4) is 0 Å². The van der Waals surface area contributed by atoms with Crippen molar-refractivity contribution >= 4 is 38.3 Å². The van der Waals surface area contributed by atoms with Crippen molar-refractivity contribution < 1.29 is 14.3 Å². The van der Waals surface area contributed by atoms with Gasteiger partial charge in [0.05, 0.1) is 23.4 Å². The number of morpholine rings is 1. The maximum atomic E-state index is 12.7. The Hall–Kier alpha value is -2.68. The summed E-state index contributed by atoms with van der Waals surface area (Å²) in [6, 6.07) is 11.3. The van der Waals surface area contributed by atoms with Crippen molar-refractivity contribution in [2.75, 3.05) is 44.7 Å². The summed E-state index contributed by atoms with van der Waals surface area (Å²) in [5.41, 5.74) is 2.79. The molecule has 180 valence electrons. The Labute approximate surface area is 204 Å². The lowest BCUT2D eigenvalue weighted by Crippen LogP contribution is -2.38. The van der Waals surface area contributed by atoms with Crippen molar-refractivity contribution in [3.05, 3.63) is 53.3 Å². The summed E-state index contributed by atoms with van der Waals surface area (Å²) in [5.74, 6) is 0.194. The van der Waals surface area contributed by atoms with Crippen LogP contribution in [0.2, 0.25) is 0 Å². The van der Waals surface area contributed by atoms with Gasteiger partial charge in [0.2, 0.25) is 0 Å². The summed E-state index contributed by atoms with van der Waals surface area (Å²) in [7, 11) is 0. The van der Waals surface area contributed by atoms with Crippen molar-refractivity contribution in [2.45, 2.75) is 33.1 Å². The predicted octanol–water partition coefficient (Wildman–Crippen LogP) is 4.48. The summed E-state index contributed by atoms with van der Waals surface area (Å²) in [6.45, 7) is 9.41. The first kappa shape index (κ1) is 24.4. The van der Waals surface area contributed by atoms with Gasteiger partial charge in [-0.05, 0) is 42.2 Å². The molecule has 1 saturated heterocycles. The van der Waals surface area contributed by atoms with Crippen molar-refractivity contribution in [1.82, 2.24) is 14.9 Å². The van der Waals surface area contributed by atoms with Crippen LogP contribution in [-0.4, -0.2) is 65.8 Å². The number of carbonyl (C=O) groups is 2. The average molecular weight is 481 g/mol. The van der Waals surface area contributed by atoms with Gasteiger partial charge in [0, 0.05) is 39.0 Å². The molecule has 0 bridgehead atoms. The van der Waals surface area contributed by atoms with E-state index in [1.807, 2.05) is 26.0 Å². The molecular weight excluding hydrogens is 448 g/mol. The molecule has 1 fully saturated rings.